The van der Waals surface area contributed by atoms with Crippen LogP contribution >= 0.6 is 11.8 Å². The summed E-state index contributed by atoms with van der Waals surface area (Å²) >= 11 is 1.95. The van der Waals surface area contributed by atoms with Crippen molar-refractivity contribution in [1.29, 1.82) is 0 Å². The van der Waals surface area contributed by atoms with Crippen LogP contribution < -0.4 is 0 Å². The van der Waals surface area contributed by atoms with Crippen LogP contribution in [-0.4, -0.2) is 16.5 Å². The topological polar surface area (TPSA) is 20.2 Å². The molecule has 1 aliphatic heterocycles. The number of fused-ring (bicyclic) bond motifs is 1. The Balaban J connectivity index is 1.85. The van der Waals surface area contributed by atoms with Crippen LogP contribution in [0, 0.1) is 0 Å². The number of aliphatic hydroxyl groups is 1. The second-order valence-corrected chi connectivity index (χ2v) is 5.58. The molecule has 74 valence electrons. The minimum absolute atomic E-state index is 0.347. The van der Waals surface area contributed by atoms with E-state index >= 15 is 0 Å². The monoisotopic (exact) mass is 206 g/mol. The summed E-state index contributed by atoms with van der Waals surface area (Å²) in [5, 5.41) is 9.83. The number of thioether (sulfide) groups is 1. The smallest absolute Gasteiger partial charge is 0.0690 e. The predicted molar refractivity (Wildman–Crippen MR) is 58.8 cm³/mol. The second-order valence-electron chi connectivity index (χ2n) is 4.44. The summed E-state index contributed by atoms with van der Waals surface area (Å²) in [4.78, 5) is 1.44. The average Bonchev–Trinajstić information content (AvgIpc) is 2.73. The standard InChI is InChI=1S/C12H14OS/c13-12(4-5-12)8-9-1-2-11-10(7-9)3-6-14-11/h1-2,7,13H,3-6,8H2. The summed E-state index contributed by atoms with van der Waals surface area (Å²) in [6, 6.07) is 6.67. The Bertz CT molecular complexity index is 369. The molecule has 0 spiro atoms. The second kappa shape index (κ2) is 3.01. The zero-order chi connectivity index (χ0) is 9.60. The maximum Gasteiger partial charge on any atom is 0.0690 e. The fraction of sp³-hybridized carbons (Fsp3) is 0.500. The quantitative estimate of drug-likeness (QED) is 0.802. The Hall–Kier alpha value is -0.470. The molecule has 3 rings (SSSR count). The van der Waals surface area contributed by atoms with Gasteiger partial charge in [0, 0.05) is 17.1 Å². The van der Waals surface area contributed by atoms with Crippen molar-refractivity contribution >= 4 is 11.8 Å². The minimum atomic E-state index is -0.347. The lowest BCUT2D eigenvalue weighted by atomic mass is 10.0. The van der Waals surface area contributed by atoms with Gasteiger partial charge in [0.25, 0.3) is 0 Å². The predicted octanol–water partition coefficient (Wildman–Crippen LogP) is 2.40. The fourth-order valence-corrected chi connectivity index (χ4v) is 3.10. The van der Waals surface area contributed by atoms with Crippen molar-refractivity contribution in [3.8, 4) is 0 Å². The highest BCUT2D eigenvalue weighted by atomic mass is 32.2. The average molecular weight is 206 g/mol. The van der Waals surface area contributed by atoms with Crippen LogP contribution in [0.3, 0.4) is 0 Å². The zero-order valence-corrected chi connectivity index (χ0v) is 8.94. The maximum atomic E-state index is 9.83. The van der Waals surface area contributed by atoms with Crippen LogP contribution in [0.1, 0.15) is 24.0 Å². The van der Waals surface area contributed by atoms with E-state index in [1.165, 1.54) is 28.2 Å². The summed E-state index contributed by atoms with van der Waals surface area (Å²) in [5.41, 5.74) is 2.45. The summed E-state index contributed by atoms with van der Waals surface area (Å²) in [6.45, 7) is 0. The molecule has 0 aromatic heterocycles. The third-order valence-corrected chi connectivity index (χ3v) is 4.23. The highest BCUT2D eigenvalue weighted by Crippen LogP contribution is 2.39. The number of aryl methyl sites for hydroxylation is 1. The third-order valence-electron chi connectivity index (χ3n) is 3.11. The lowest BCUT2D eigenvalue weighted by molar-refractivity contribution is 0.151. The molecule has 0 saturated heterocycles. The van der Waals surface area contributed by atoms with Crippen molar-refractivity contribution in [3.05, 3.63) is 29.3 Å². The number of rotatable bonds is 2. The van der Waals surface area contributed by atoms with E-state index in [1.807, 2.05) is 11.8 Å². The van der Waals surface area contributed by atoms with Crippen LogP contribution in [0.2, 0.25) is 0 Å². The van der Waals surface area contributed by atoms with Gasteiger partial charge in [-0.15, -0.1) is 11.8 Å². The summed E-state index contributed by atoms with van der Waals surface area (Å²) in [6.07, 6.45) is 4.02. The van der Waals surface area contributed by atoms with Crippen LogP contribution in [0.25, 0.3) is 0 Å². The van der Waals surface area contributed by atoms with Crippen molar-refractivity contribution in [2.45, 2.75) is 36.2 Å². The SMILES string of the molecule is OC1(Cc2ccc3c(c2)CCS3)CC1. The number of benzene rings is 1. The number of hydrogen-bond acceptors (Lipinski definition) is 2. The van der Waals surface area contributed by atoms with E-state index in [4.69, 9.17) is 0 Å². The van der Waals surface area contributed by atoms with E-state index in [-0.39, 0.29) is 5.60 Å². The van der Waals surface area contributed by atoms with Gasteiger partial charge < -0.3 is 5.11 Å². The van der Waals surface area contributed by atoms with Crippen LogP contribution in [0.4, 0.5) is 0 Å². The molecule has 1 nitrogen and oxygen atoms in total. The van der Waals surface area contributed by atoms with Gasteiger partial charge in [-0.2, -0.15) is 0 Å². The molecule has 0 unspecified atom stereocenters. The van der Waals surface area contributed by atoms with E-state index in [1.54, 1.807) is 0 Å². The molecule has 1 saturated carbocycles. The first-order chi connectivity index (χ1) is 6.75. The Morgan fingerprint density at radius 3 is 3.00 bits per heavy atom. The van der Waals surface area contributed by atoms with Crippen molar-refractivity contribution in [3.63, 3.8) is 0 Å². The van der Waals surface area contributed by atoms with Gasteiger partial charge in [0.05, 0.1) is 5.60 Å². The highest BCUT2D eigenvalue weighted by Gasteiger charge is 2.40. The fourth-order valence-electron chi connectivity index (χ4n) is 2.05. The maximum absolute atomic E-state index is 9.83. The van der Waals surface area contributed by atoms with Crippen LogP contribution in [0.15, 0.2) is 23.1 Å². The molecule has 14 heavy (non-hydrogen) atoms. The molecule has 1 aromatic carbocycles. The van der Waals surface area contributed by atoms with Crippen molar-refractivity contribution in [2.75, 3.05) is 5.75 Å². The van der Waals surface area contributed by atoms with Gasteiger partial charge in [-0.3, -0.25) is 0 Å². The Morgan fingerprint density at radius 1 is 1.36 bits per heavy atom. The summed E-state index contributed by atoms with van der Waals surface area (Å²) in [7, 11) is 0. The largest absolute Gasteiger partial charge is 0.390 e. The molecule has 0 amide bonds. The van der Waals surface area contributed by atoms with Gasteiger partial charge in [0.2, 0.25) is 0 Å². The molecule has 1 fully saturated rings. The van der Waals surface area contributed by atoms with Gasteiger partial charge in [-0.1, -0.05) is 12.1 Å². The van der Waals surface area contributed by atoms with Crippen molar-refractivity contribution < 1.29 is 5.11 Å². The third kappa shape index (κ3) is 1.57. The molecule has 2 aliphatic rings. The molecular formula is C12H14OS. The molecule has 1 N–H and O–H groups in total. The Labute approximate surface area is 88.5 Å². The first-order valence-electron chi connectivity index (χ1n) is 5.22. The van der Waals surface area contributed by atoms with E-state index in [2.05, 4.69) is 18.2 Å². The van der Waals surface area contributed by atoms with Crippen molar-refractivity contribution in [2.24, 2.45) is 0 Å². The molecule has 0 bridgehead atoms. The highest BCUT2D eigenvalue weighted by molar-refractivity contribution is 7.99. The van der Waals surface area contributed by atoms with Gasteiger partial charge in [-0.05, 0) is 36.5 Å². The Morgan fingerprint density at radius 2 is 2.21 bits per heavy atom. The summed E-state index contributed by atoms with van der Waals surface area (Å²) in [5.74, 6) is 1.23. The molecule has 0 atom stereocenters. The molecule has 1 heterocycles. The lowest BCUT2D eigenvalue weighted by Crippen LogP contribution is -2.10. The van der Waals surface area contributed by atoms with E-state index in [9.17, 15) is 5.11 Å². The van der Waals surface area contributed by atoms with Crippen LogP contribution in [-0.2, 0) is 12.8 Å². The van der Waals surface area contributed by atoms with E-state index < -0.39 is 0 Å². The molecule has 1 aromatic rings. The first kappa shape index (κ1) is 8.81. The van der Waals surface area contributed by atoms with Gasteiger partial charge in [0.1, 0.15) is 0 Å². The lowest BCUT2D eigenvalue weighted by Gasteiger charge is -2.08. The first-order valence-corrected chi connectivity index (χ1v) is 6.21. The Kier molecular flexibility index (Phi) is 1.89. The van der Waals surface area contributed by atoms with Gasteiger partial charge in [0.15, 0.2) is 0 Å². The minimum Gasteiger partial charge on any atom is -0.390 e. The zero-order valence-electron chi connectivity index (χ0n) is 8.12. The molecule has 1 aliphatic carbocycles. The van der Waals surface area contributed by atoms with Gasteiger partial charge >= 0.3 is 0 Å². The van der Waals surface area contributed by atoms with Crippen LogP contribution in [0.5, 0.6) is 0 Å². The molecule has 0 radical (unpaired) electrons. The van der Waals surface area contributed by atoms with E-state index in [0.717, 1.165) is 19.3 Å². The normalized spacial score (nSPS) is 22.1. The number of hydrogen-bond donors (Lipinski definition) is 1. The van der Waals surface area contributed by atoms with E-state index in [0.29, 0.717) is 0 Å². The molecular weight excluding hydrogens is 192 g/mol. The van der Waals surface area contributed by atoms with Gasteiger partial charge in [-0.25, -0.2) is 0 Å². The molecule has 2 heteroatoms. The summed E-state index contributed by atoms with van der Waals surface area (Å²) < 4.78 is 0. The van der Waals surface area contributed by atoms with Crippen molar-refractivity contribution in [1.82, 2.24) is 0 Å².